The van der Waals surface area contributed by atoms with Crippen LogP contribution in [0.1, 0.15) is 0 Å². The summed E-state index contributed by atoms with van der Waals surface area (Å²) in [6.07, 6.45) is 0. The van der Waals surface area contributed by atoms with Gasteiger partial charge in [0.05, 0.1) is 0 Å². The van der Waals surface area contributed by atoms with Gasteiger partial charge in [0.2, 0.25) is 0 Å². The Morgan fingerprint density at radius 3 is 1.00 bits per heavy atom. The van der Waals surface area contributed by atoms with Crippen molar-refractivity contribution in [3.8, 4) is 0 Å². The molecule has 0 aliphatic carbocycles. The fraction of sp³-hybridized carbons (Fsp3) is 0. The molecule has 0 aromatic carbocycles. The molecule has 0 saturated heterocycles. The third kappa shape index (κ3) is 90.0. The van der Waals surface area contributed by atoms with Crippen LogP contribution in [0.5, 0.6) is 0 Å². The van der Waals surface area contributed by atoms with Gasteiger partial charge in [0.1, 0.15) is 0 Å². The molecule has 0 rings (SSSR count). The molecule has 0 spiro atoms. The summed E-state index contributed by atoms with van der Waals surface area (Å²) in [7, 11) is -5.39. The third-order valence-corrected chi connectivity index (χ3v) is 0. The molecule has 9 heavy (non-hydrogen) atoms. The summed E-state index contributed by atoms with van der Waals surface area (Å²) in [5.74, 6) is 0. The average Bonchev–Trinajstić information content (AvgIpc) is 0.722. The van der Waals surface area contributed by atoms with Crippen LogP contribution >= 0.6 is 7.82 Å². The van der Waals surface area contributed by atoms with E-state index < -0.39 is 7.82 Å². The molecule has 4 nitrogen and oxygen atoms in total. The van der Waals surface area contributed by atoms with Crippen LogP contribution < -0.4 is 92.7 Å². The van der Waals surface area contributed by atoms with E-state index >= 15 is 0 Å². The molecule has 0 aromatic heterocycles. The maximum atomic E-state index is 8.55. The van der Waals surface area contributed by atoms with E-state index in [0.29, 0.717) is 0 Å². The van der Waals surface area contributed by atoms with Gasteiger partial charge in [0.15, 0.2) is 0 Å². The van der Waals surface area contributed by atoms with Crippen molar-refractivity contribution in [2.45, 2.75) is 0 Å². The molecule has 1 radical (unpaired) electrons. The van der Waals surface area contributed by atoms with Crippen LogP contribution in [0.25, 0.3) is 0 Å². The number of hydrogen-bond acceptors (Lipinski definition) is 4. The zero-order valence-corrected chi connectivity index (χ0v) is 11.8. The second kappa shape index (κ2) is 13.9. The molecule has 0 bridgehead atoms. The van der Waals surface area contributed by atoms with Crippen LogP contribution in [-0.4, -0.2) is 0 Å². The second-order valence-corrected chi connectivity index (χ2v) is 1.34. The van der Waals surface area contributed by atoms with E-state index in [1.165, 1.54) is 0 Å². The van der Waals surface area contributed by atoms with Crippen molar-refractivity contribution in [3.05, 3.63) is 0 Å². The van der Waals surface area contributed by atoms with Gasteiger partial charge in [-0.25, -0.2) is 0 Å². The Morgan fingerprint density at radius 1 is 1.00 bits per heavy atom. The van der Waals surface area contributed by atoms with E-state index in [4.69, 9.17) is 19.2 Å². The van der Waals surface area contributed by atoms with Gasteiger partial charge in [0.25, 0.3) is 0 Å². The van der Waals surface area contributed by atoms with Gasteiger partial charge in [-0.1, -0.05) is 0 Å². The minimum Gasteiger partial charge on any atom is -0.822 e. The molecule has 0 saturated carbocycles. The molecule has 0 aliphatic rings. The Balaban J connectivity index is -0.0000000133. The predicted octanol–water partition coefficient (Wildman–Crippen LogP) is -11.8. The van der Waals surface area contributed by atoms with Crippen molar-refractivity contribution in [1.82, 2.24) is 0 Å². The van der Waals surface area contributed by atoms with E-state index in [1.54, 1.807) is 0 Å². The number of rotatable bonds is 0. The Labute approximate surface area is 121 Å². The second-order valence-electron chi connectivity index (χ2n) is 0.447. The van der Waals surface area contributed by atoms with Crippen molar-refractivity contribution >= 4 is 7.82 Å². The molecule has 0 atom stereocenters. The normalized spacial score (nSPS) is 6.56. The predicted molar refractivity (Wildman–Crippen MR) is 7.61 cm³/mol. The van der Waals surface area contributed by atoms with Crippen molar-refractivity contribution in [2.24, 2.45) is 0 Å². The van der Waals surface area contributed by atoms with Gasteiger partial charge in [-0.2, -0.15) is 7.82 Å². The first kappa shape index (κ1) is 29.5. The smallest absolute Gasteiger partial charge is 0.822 e. The van der Waals surface area contributed by atoms with E-state index in [0.717, 1.165) is 0 Å². The van der Waals surface area contributed by atoms with Crippen molar-refractivity contribution in [1.29, 1.82) is 0 Å². The van der Waals surface area contributed by atoms with Gasteiger partial charge >= 0.3 is 78.0 Å². The summed E-state index contributed by atoms with van der Waals surface area (Å²) in [6, 6.07) is 0. The average molecular weight is 199 g/mol. The maximum absolute atomic E-state index is 8.55. The molecular formula is LiNa2O4PV. The fourth-order valence-corrected chi connectivity index (χ4v) is 0. The zero-order chi connectivity index (χ0) is 4.50. The van der Waals surface area contributed by atoms with Gasteiger partial charge in [-0.3, -0.25) is 0 Å². The molecular weight excluding hydrogens is 199 g/mol. The molecule has 0 fully saturated rings. The first-order valence-corrected chi connectivity index (χ1v) is 2.19. The molecule has 37 valence electrons. The zero-order valence-electron chi connectivity index (χ0n) is 5.53. The third-order valence-electron chi connectivity index (χ3n) is 0. The van der Waals surface area contributed by atoms with E-state index in [2.05, 4.69) is 0 Å². The Hall–Kier alpha value is 3.29. The van der Waals surface area contributed by atoms with E-state index in [1.807, 2.05) is 0 Å². The topological polar surface area (TPSA) is 86.2 Å². The van der Waals surface area contributed by atoms with Gasteiger partial charge in [-0.15, -0.1) is 0 Å². The van der Waals surface area contributed by atoms with Crippen LogP contribution in [-0.2, 0) is 23.1 Å². The van der Waals surface area contributed by atoms with Gasteiger partial charge < -0.3 is 19.2 Å². The van der Waals surface area contributed by atoms with Gasteiger partial charge in [-0.05, 0) is 0 Å². The van der Waals surface area contributed by atoms with Gasteiger partial charge in [0, 0.05) is 18.6 Å². The minimum atomic E-state index is -5.39. The summed E-state index contributed by atoms with van der Waals surface area (Å²) in [4.78, 5) is 25.6. The molecule has 0 amide bonds. The summed E-state index contributed by atoms with van der Waals surface area (Å²) in [5.41, 5.74) is 0. The van der Waals surface area contributed by atoms with Crippen LogP contribution in [0.3, 0.4) is 0 Å². The quantitative estimate of drug-likeness (QED) is 0.286. The molecule has 0 N–H and O–H groups in total. The van der Waals surface area contributed by atoms with E-state index in [-0.39, 0.29) is 96.5 Å². The fourth-order valence-electron chi connectivity index (χ4n) is 0. The van der Waals surface area contributed by atoms with Crippen molar-refractivity contribution in [3.63, 3.8) is 0 Å². The Bertz CT molecular complexity index is 64.7. The van der Waals surface area contributed by atoms with E-state index in [9.17, 15) is 0 Å². The summed E-state index contributed by atoms with van der Waals surface area (Å²) >= 11 is 0. The standard InChI is InChI=1S/Li.2Na.H3O4P.V/c;;;1-5(2,3)4;/h;;;(H3,1,2,3,4);/q3*+1;;/p-3. The summed E-state index contributed by atoms with van der Waals surface area (Å²) in [6.45, 7) is 0. The van der Waals surface area contributed by atoms with Crippen molar-refractivity contribution < 1.29 is 116 Å². The Morgan fingerprint density at radius 2 is 1.00 bits per heavy atom. The van der Waals surface area contributed by atoms with Crippen LogP contribution in [0, 0.1) is 0 Å². The van der Waals surface area contributed by atoms with Crippen LogP contribution in [0.4, 0.5) is 0 Å². The van der Waals surface area contributed by atoms with Crippen LogP contribution in [0.2, 0.25) is 0 Å². The minimum absolute atomic E-state index is 0. The molecule has 0 aliphatic heterocycles. The molecule has 0 unspecified atom stereocenters. The summed E-state index contributed by atoms with van der Waals surface area (Å²) < 4.78 is 8.55. The Kier molecular flexibility index (Phi) is 45.4. The molecule has 0 heterocycles. The monoisotopic (exact) mass is 199 g/mol. The number of phosphoric acid groups is 1. The first-order chi connectivity index (χ1) is 2.00. The van der Waals surface area contributed by atoms with Crippen LogP contribution in [0.15, 0.2) is 0 Å². The maximum Gasteiger partial charge on any atom is 1.00 e. The van der Waals surface area contributed by atoms with Crippen molar-refractivity contribution in [2.75, 3.05) is 0 Å². The largest absolute Gasteiger partial charge is 1.00 e. The SMILES string of the molecule is O=P([O-])([O-])[O-].[Li+].[Na+].[Na+].[V]. The molecule has 0 aromatic rings. The first-order valence-electron chi connectivity index (χ1n) is 0.730. The molecule has 9 heteroatoms. The number of hydrogen-bond donors (Lipinski definition) is 0. The summed E-state index contributed by atoms with van der Waals surface area (Å²) in [5, 5.41) is 0.